The number of fused-ring (bicyclic) bond motifs is 1. The second kappa shape index (κ2) is 5.80. The van der Waals surface area contributed by atoms with Crippen molar-refractivity contribution < 1.29 is 32.5 Å². The van der Waals surface area contributed by atoms with Gasteiger partial charge in [0.25, 0.3) is 0 Å². The molecule has 116 valence electrons. The van der Waals surface area contributed by atoms with Crippen LogP contribution in [0, 0.1) is 0 Å². The number of rotatable bonds is 4. The Hall–Kier alpha value is -1.96. The molecule has 0 spiro atoms. The van der Waals surface area contributed by atoms with Crippen LogP contribution in [0.5, 0.6) is 11.5 Å². The lowest BCUT2D eigenvalue weighted by Crippen LogP contribution is -2.21. The van der Waals surface area contributed by atoms with E-state index in [-0.39, 0.29) is 43.1 Å². The summed E-state index contributed by atoms with van der Waals surface area (Å²) in [5.74, 6) is -0.908. The molecule has 0 amide bonds. The van der Waals surface area contributed by atoms with Crippen molar-refractivity contribution in [2.24, 2.45) is 5.73 Å². The average Bonchev–Trinajstić information content (AvgIpc) is 2.42. The topological polar surface area (TPSA) is 81.8 Å². The summed E-state index contributed by atoms with van der Waals surface area (Å²) >= 11 is 0. The Morgan fingerprint density at radius 3 is 2.38 bits per heavy atom. The van der Waals surface area contributed by atoms with Crippen LogP contribution in [0.1, 0.15) is 30.0 Å². The van der Waals surface area contributed by atoms with Gasteiger partial charge in [-0.05, 0) is 24.1 Å². The second-order valence-corrected chi connectivity index (χ2v) is 4.62. The zero-order chi connectivity index (χ0) is 15.6. The number of aliphatic carboxylic acids is 1. The Bertz CT molecular complexity index is 545. The predicted octanol–water partition coefficient (Wildman–Crippen LogP) is 2.34. The first-order chi connectivity index (χ1) is 9.79. The maximum atomic E-state index is 13.1. The maximum Gasteiger partial charge on any atom is 0.416 e. The minimum atomic E-state index is -4.61. The third-order valence-corrected chi connectivity index (χ3v) is 3.09. The molecule has 0 radical (unpaired) electrons. The Morgan fingerprint density at radius 2 is 1.86 bits per heavy atom. The van der Waals surface area contributed by atoms with Gasteiger partial charge in [-0.2, -0.15) is 13.2 Å². The molecule has 1 aromatic carbocycles. The molecule has 8 heteroatoms. The molecule has 1 heterocycles. The van der Waals surface area contributed by atoms with E-state index in [1.165, 1.54) is 6.07 Å². The molecule has 0 aliphatic carbocycles. The molecule has 1 unspecified atom stereocenters. The number of hydrogen-bond donors (Lipinski definition) is 2. The van der Waals surface area contributed by atoms with Crippen LogP contribution in [0.25, 0.3) is 0 Å². The molecule has 1 atom stereocenters. The normalized spacial score (nSPS) is 15.6. The molecular formula is C13H14F3NO4. The first kappa shape index (κ1) is 15.4. The summed E-state index contributed by atoms with van der Waals surface area (Å²) in [6.07, 6.45) is -5.02. The van der Waals surface area contributed by atoms with E-state index >= 15 is 0 Å². The summed E-state index contributed by atoms with van der Waals surface area (Å²) < 4.78 is 49.7. The van der Waals surface area contributed by atoms with E-state index in [2.05, 4.69) is 0 Å². The molecule has 21 heavy (non-hydrogen) atoms. The number of carboxylic acid groups (broad SMARTS) is 1. The SMILES string of the molecule is NC(CCC(=O)O)c1cc2c(cc1C(F)(F)F)OCCO2. The fourth-order valence-electron chi connectivity index (χ4n) is 2.09. The summed E-state index contributed by atoms with van der Waals surface area (Å²) in [6, 6.07) is 0.988. The number of carboxylic acids is 1. The van der Waals surface area contributed by atoms with Crippen LogP contribution in [0.4, 0.5) is 13.2 Å². The Balaban J connectivity index is 2.39. The van der Waals surface area contributed by atoms with Gasteiger partial charge < -0.3 is 20.3 Å². The quantitative estimate of drug-likeness (QED) is 0.892. The van der Waals surface area contributed by atoms with E-state index in [0.717, 1.165) is 6.07 Å². The standard InChI is InChI=1S/C13H14F3NO4/c14-13(15,16)8-6-11-10(20-3-4-21-11)5-7(8)9(17)1-2-12(18)19/h5-6,9H,1-4,17H2,(H,18,19). The van der Waals surface area contributed by atoms with Crippen molar-refractivity contribution in [3.63, 3.8) is 0 Å². The van der Waals surface area contributed by atoms with Gasteiger partial charge in [-0.25, -0.2) is 0 Å². The molecule has 0 bridgehead atoms. The minimum Gasteiger partial charge on any atom is -0.486 e. The molecule has 0 aromatic heterocycles. The molecule has 1 aliphatic heterocycles. The molecule has 3 N–H and O–H groups in total. The lowest BCUT2D eigenvalue weighted by atomic mass is 9.96. The lowest BCUT2D eigenvalue weighted by Gasteiger charge is -2.24. The van der Waals surface area contributed by atoms with E-state index in [4.69, 9.17) is 20.3 Å². The van der Waals surface area contributed by atoms with Crippen molar-refractivity contribution in [2.75, 3.05) is 13.2 Å². The number of alkyl halides is 3. The minimum absolute atomic E-state index is 0.0164. The van der Waals surface area contributed by atoms with E-state index in [1.54, 1.807) is 0 Å². The molecule has 2 rings (SSSR count). The third kappa shape index (κ3) is 3.57. The smallest absolute Gasteiger partial charge is 0.416 e. The highest BCUT2D eigenvalue weighted by Crippen LogP contribution is 2.42. The van der Waals surface area contributed by atoms with Crippen molar-refractivity contribution in [1.29, 1.82) is 0 Å². The van der Waals surface area contributed by atoms with Gasteiger partial charge in [-0.15, -0.1) is 0 Å². The van der Waals surface area contributed by atoms with Crippen LogP contribution in [-0.2, 0) is 11.0 Å². The fourth-order valence-corrected chi connectivity index (χ4v) is 2.09. The van der Waals surface area contributed by atoms with Gasteiger partial charge in [-0.3, -0.25) is 4.79 Å². The van der Waals surface area contributed by atoms with Gasteiger partial charge in [0.15, 0.2) is 11.5 Å². The highest BCUT2D eigenvalue weighted by atomic mass is 19.4. The number of ether oxygens (including phenoxy) is 2. The second-order valence-electron chi connectivity index (χ2n) is 4.62. The molecular weight excluding hydrogens is 291 g/mol. The summed E-state index contributed by atoms with van der Waals surface area (Å²) in [6.45, 7) is 0.414. The Morgan fingerprint density at radius 1 is 1.29 bits per heavy atom. The summed E-state index contributed by atoms with van der Waals surface area (Å²) in [5, 5.41) is 8.61. The third-order valence-electron chi connectivity index (χ3n) is 3.09. The van der Waals surface area contributed by atoms with Gasteiger partial charge in [0.1, 0.15) is 13.2 Å². The number of nitrogens with two attached hydrogens (primary N) is 1. The molecule has 1 aromatic rings. The Labute approximate surface area is 118 Å². The van der Waals surface area contributed by atoms with Crippen molar-refractivity contribution in [3.8, 4) is 11.5 Å². The van der Waals surface area contributed by atoms with Gasteiger partial charge in [0, 0.05) is 12.5 Å². The molecule has 0 saturated heterocycles. The number of carbonyl (C=O) groups is 1. The highest BCUT2D eigenvalue weighted by molar-refractivity contribution is 5.66. The van der Waals surface area contributed by atoms with Gasteiger partial charge in [-0.1, -0.05) is 0 Å². The summed E-state index contributed by atoms with van der Waals surface area (Å²) in [5.41, 5.74) is 4.60. The number of halogens is 3. The van der Waals surface area contributed by atoms with Crippen LogP contribution < -0.4 is 15.2 Å². The molecule has 0 saturated carbocycles. The first-order valence-electron chi connectivity index (χ1n) is 6.27. The number of benzene rings is 1. The summed E-state index contributed by atoms with van der Waals surface area (Å²) in [4.78, 5) is 10.5. The van der Waals surface area contributed by atoms with Crippen molar-refractivity contribution in [3.05, 3.63) is 23.3 Å². The molecule has 5 nitrogen and oxygen atoms in total. The van der Waals surface area contributed by atoms with E-state index < -0.39 is 23.8 Å². The van der Waals surface area contributed by atoms with Crippen LogP contribution in [0.15, 0.2) is 12.1 Å². The number of hydrogen-bond acceptors (Lipinski definition) is 4. The monoisotopic (exact) mass is 305 g/mol. The van der Waals surface area contributed by atoms with Crippen molar-refractivity contribution >= 4 is 5.97 Å². The highest BCUT2D eigenvalue weighted by Gasteiger charge is 2.36. The molecule has 1 aliphatic rings. The Kier molecular flexibility index (Phi) is 4.26. The van der Waals surface area contributed by atoms with Gasteiger partial charge >= 0.3 is 12.1 Å². The van der Waals surface area contributed by atoms with Crippen LogP contribution in [0.3, 0.4) is 0 Å². The van der Waals surface area contributed by atoms with Gasteiger partial charge in [0.2, 0.25) is 0 Å². The lowest BCUT2D eigenvalue weighted by molar-refractivity contribution is -0.138. The van der Waals surface area contributed by atoms with Gasteiger partial charge in [0.05, 0.1) is 5.56 Å². The van der Waals surface area contributed by atoms with E-state index in [9.17, 15) is 18.0 Å². The van der Waals surface area contributed by atoms with Crippen LogP contribution >= 0.6 is 0 Å². The van der Waals surface area contributed by atoms with Crippen molar-refractivity contribution in [1.82, 2.24) is 0 Å². The van der Waals surface area contributed by atoms with E-state index in [1.807, 2.05) is 0 Å². The van der Waals surface area contributed by atoms with E-state index in [0.29, 0.717) is 0 Å². The van der Waals surface area contributed by atoms with Crippen LogP contribution in [0.2, 0.25) is 0 Å². The van der Waals surface area contributed by atoms with Crippen LogP contribution in [-0.4, -0.2) is 24.3 Å². The average molecular weight is 305 g/mol. The summed E-state index contributed by atoms with van der Waals surface area (Å²) in [7, 11) is 0. The molecule has 0 fully saturated rings. The predicted molar refractivity (Wildman–Crippen MR) is 66.2 cm³/mol. The largest absolute Gasteiger partial charge is 0.486 e. The fraction of sp³-hybridized carbons (Fsp3) is 0.462. The zero-order valence-electron chi connectivity index (χ0n) is 10.9. The first-order valence-corrected chi connectivity index (χ1v) is 6.27. The zero-order valence-corrected chi connectivity index (χ0v) is 10.9. The van der Waals surface area contributed by atoms with Crippen molar-refractivity contribution in [2.45, 2.75) is 25.1 Å². The maximum absolute atomic E-state index is 13.1.